The lowest BCUT2D eigenvalue weighted by molar-refractivity contribution is -0.151. The van der Waals surface area contributed by atoms with Crippen LogP contribution in [0.15, 0.2) is 46.8 Å². The van der Waals surface area contributed by atoms with Crippen LogP contribution in [0.2, 0.25) is 5.02 Å². The number of halogens is 1. The number of dihydropyridines is 1. The van der Waals surface area contributed by atoms with Crippen LogP contribution in [0.5, 0.6) is 0 Å². The van der Waals surface area contributed by atoms with E-state index in [1.807, 2.05) is 19.9 Å². The topological polar surface area (TPSA) is 81.7 Å². The summed E-state index contributed by atoms with van der Waals surface area (Å²) in [6, 6.07) is 7.19. The van der Waals surface area contributed by atoms with Crippen molar-refractivity contribution in [1.29, 1.82) is 0 Å². The molecule has 0 saturated heterocycles. The molecule has 1 fully saturated rings. The molecule has 1 heterocycles. The first kappa shape index (κ1) is 24.5. The Hall–Kier alpha value is -2.60. The summed E-state index contributed by atoms with van der Waals surface area (Å²) in [5.41, 5.74) is 2.95. The maximum Gasteiger partial charge on any atom is 0.337 e. The largest absolute Gasteiger partial charge is 0.468 e. The van der Waals surface area contributed by atoms with E-state index in [4.69, 9.17) is 21.1 Å². The standard InChI is InChI=1S/C27H32ClNO5/c1-15-13-20-24(25(30)21(15)26(31)33-3)23(17-9-8-10-18(28)14-17)22(16(2)29-20)27(32)34-19-11-6-4-5-7-12-19/h8-10,14-15,19,21,23,29H,4-7,11-13H2,1-3H3/t15-,21-,23-/m0/s1. The molecule has 2 aliphatic carbocycles. The van der Waals surface area contributed by atoms with Crippen LogP contribution in [0.4, 0.5) is 0 Å². The molecule has 6 nitrogen and oxygen atoms in total. The number of ether oxygens (including phenoxy) is 2. The van der Waals surface area contributed by atoms with E-state index in [0.717, 1.165) is 49.8 Å². The Kier molecular flexibility index (Phi) is 7.46. The molecule has 3 atom stereocenters. The SMILES string of the molecule is COC(=O)[C@@H]1C(=O)C2=C(C[C@@H]1C)NC(C)=C(C(=O)OC1CCCCCC1)[C@@H]2c1cccc(Cl)c1. The number of benzene rings is 1. The molecule has 1 N–H and O–H groups in total. The molecule has 1 aromatic carbocycles. The normalized spacial score (nSPS) is 25.9. The molecule has 34 heavy (non-hydrogen) atoms. The van der Waals surface area contributed by atoms with Crippen molar-refractivity contribution in [2.75, 3.05) is 7.11 Å². The number of rotatable bonds is 4. The molecule has 0 unspecified atom stereocenters. The van der Waals surface area contributed by atoms with Crippen molar-refractivity contribution < 1.29 is 23.9 Å². The quantitative estimate of drug-likeness (QED) is 0.358. The lowest BCUT2D eigenvalue weighted by atomic mass is 9.69. The summed E-state index contributed by atoms with van der Waals surface area (Å²) in [5, 5.41) is 3.81. The highest BCUT2D eigenvalue weighted by molar-refractivity contribution is 6.30. The van der Waals surface area contributed by atoms with Crippen molar-refractivity contribution in [2.24, 2.45) is 11.8 Å². The molecule has 0 radical (unpaired) electrons. The smallest absolute Gasteiger partial charge is 0.337 e. The molecule has 0 aromatic heterocycles. The van der Waals surface area contributed by atoms with Gasteiger partial charge < -0.3 is 14.8 Å². The van der Waals surface area contributed by atoms with Crippen molar-refractivity contribution >= 4 is 29.3 Å². The van der Waals surface area contributed by atoms with Crippen molar-refractivity contribution in [2.45, 2.75) is 70.8 Å². The summed E-state index contributed by atoms with van der Waals surface area (Å²) < 4.78 is 10.9. The summed E-state index contributed by atoms with van der Waals surface area (Å²) in [6.07, 6.45) is 6.46. The van der Waals surface area contributed by atoms with Gasteiger partial charge in [0.1, 0.15) is 12.0 Å². The van der Waals surface area contributed by atoms with Crippen LogP contribution in [-0.4, -0.2) is 30.9 Å². The van der Waals surface area contributed by atoms with E-state index >= 15 is 0 Å². The molecule has 0 amide bonds. The van der Waals surface area contributed by atoms with Gasteiger partial charge in [0.05, 0.1) is 12.7 Å². The van der Waals surface area contributed by atoms with Gasteiger partial charge in [0.25, 0.3) is 0 Å². The molecule has 0 bridgehead atoms. The predicted molar refractivity (Wildman–Crippen MR) is 129 cm³/mol. The highest BCUT2D eigenvalue weighted by Crippen LogP contribution is 2.46. The Balaban J connectivity index is 1.77. The fraction of sp³-hybridized carbons (Fsp3) is 0.519. The maximum atomic E-state index is 13.7. The first-order valence-corrected chi connectivity index (χ1v) is 12.5. The van der Waals surface area contributed by atoms with Crippen molar-refractivity contribution in [3.05, 3.63) is 57.4 Å². The van der Waals surface area contributed by atoms with Crippen LogP contribution in [0.3, 0.4) is 0 Å². The molecule has 182 valence electrons. The molecule has 3 aliphatic rings. The number of allylic oxidation sites excluding steroid dienone is 3. The molecule has 1 saturated carbocycles. The number of ketones is 1. The van der Waals surface area contributed by atoms with Gasteiger partial charge in [0.2, 0.25) is 0 Å². The van der Waals surface area contributed by atoms with Gasteiger partial charge in [-0.25, -0.2) is 4.79 Å². The van der Waals surface area contributed by atoms with Gasteiger partial charge >= 0.3 is 11.9 Å². The maximum absolute atomic E-state index is 13.7. The van der Waals surface area contributed by atoms with Crippen molar-refractivity contribution in [1.82, 2.24) is 5.32 Å². The Labute approximate surface area is 205 Å². The second-order valence-corrected chi connectivity index (χ2v) is 10.0. The van der Waals surface area contributed by atoms with E-state index in [1.165, 1.54) is 7.11 Å². The van der Waals surface area contributed by atoms with E-state index in [-0.39, 0.29) is 17.8 Å². The number of carbonyl (C=O) groups excluding carboxylic acids is 3. The zero-order valence-electron chi connectivity index (χ0n) is 20.0. The number of Topliss-reactive ketones (excluding diaryl/α,β-unsaturated/α-hetero) is 1. The Bertz CT molecular complexity index is 1050. The Morgan fingerprint density at radius 2 is 1.82 bits per heavy atom. The lowest BCUT2D eigenvalue weighted by Crippen LogP contribution is -2.43. The fourth-order valence-electron chi connectivity index (χ4n) is 5.55. The van der Waals surface area contributed by atoms with E-state index in [2.05, 4.69) is 5.32 Å². The second-order valence-electron chi connectivity index (χ2n) is 9.61. The van der Waals surface area contributed by atoms with Gasteiger partial charge in [-0.3, -0.25) is 9.59 Å². The van der Waals surface area contributed by atoms with Crippen LogP contribution in [0.25, 0.3) is 0 Å². The lowest BCUT2D eigenvalue weighted by Gasteiger charge is -2.38. The molecule has 7 heteroatoms. The number of nitrogens with one attached hydrogen (secondary N) is 1. The van der Waals surface area contributed by atoms with E-state index in [9.17, 15) is 14.4 Å². The average Bonchev–Trinajstić information content (AvgIpc) is 3.06. The highest BCUT2D eigenvalue weighted by atomic mass is 35.5. The highest BCUT2D eigenvalue weighted by Gasteiger charge is 2.47. The zero-order valence-corrected chi connectivity index (χ0v) is 20.7. The van der Waals surface area contributed by atoms with Crippen LogP contribution in [0, 0.1) is 11.8 Å². The summed E-state index contributed by atoms with van der Waals surface area (Å²) >= 11 is 6.31. The zero-order chi connectivity index (χ0) is 24.4. The fourth-order valence-corrected chi connectivity index (χ4v) is 5.74. The monoisotopic (exact) mass is 485 g/mol. The predicted octanol–water partition coefficient (Wildman–Crippen LogP) is 5.22. The number of esters is 2. The molecule has 1 aliphatic heterocycles. The molecular formula is C27H32ClNO5. The van der Waals surface area contributed by atoms with E-state index < -0.39 is 23.8 Å². The van der Waals surface area contributed by atoms with Crippen LogP contribution in [0.1, 0.15) is 70.3 Å². The minimum Gasteiger partial charge on any atom is -0.468 e. The third-order valence-corrected chi connectivity index (χ3v) is 7.46. The number of methoxy groups -OCH3 is 1. The van der Waals surface area contributed by atoms with Gasteiger partial charge in [-0.15, -0.1) is 0 Å². The van der Waals surface area contributed by atoms with Crippen molar-refractivity contribution in [3.63, 3.8) is 0 Å². The summed E-state index contributed by atoms with van der Waals surface area (Å²) in [5.74, 6) is -3.09. The van der Waals surface area contributed by atoms with Crippen LogP contribution >= 0.6 is 11.6 Å². The number of carbonyl (C=O) groups is 3. The average molecular weight is 486 g/mol. The van der Waals surface area contributed by atoms with Crippen molar-refractivity contribution in [3.8, 4) is 0 Å². The first-order valence-electron chi connectivity index (χ1n) is 12.1. The third kappa shape index (κ3) is 4.78. The van der Waals surface area contributed by atoms with E-state index in [0.29, 0.717) is 28.3 Å². The summed E-state index contributed by atoms with van der Waals surface area (Å²) in [6.45, 7) is 3.71. The van der Waals surface area contributed by atoms with Crippen LogP contribution < -0.4 is 5.32 Å². The van der Waals surface area contributed by atoms with E-state index in [1.54, 1.807) is 18.2 Å². The molecular weight excluding hydrogens is 454 g/mol. The van der Waals surface area contributed by atoms with Crippen LogP contribution in [-0.2, 0) is 23.9 Å². The summed E-state index contributed by atoms with van der Waals surface area (Å²) in [7, 11) is 1.29. The van der Waals surface area contributed by atoms with Gasteiger partial charge in [0, 0.05) is 27.9 Å². The van der Waals surface area contributed by atoms with Gasteiger partial charge in [-0.2, -0.15) is 0 Å². The van der Waals surface area contributed by atoms with Gasteiger partial charge in [-0.05, 0) is 62.6 Å². The minimum absolute atomic E-state index is 0.129. The van der Waals surface area contributed by atoms with Gasteiger partial charge in [-0.1, -0.05) is 43.5 Å². The summed E-state index contributed by atoms with van der Waals surface area (Å²) in [4.78, 5) is 39.9. The Morgan fingerprint density at radius 3 is 2.47 bits per heavy atom. The molecule has 0 spiro atoms. The van der Waals surface area contributed by atoms with Gasteiger partial charge in [0.15, 0.2) is 5.78 Å². The number of hydrogen-bond acceptors (Lipinski definition) is 6. The first-order chi connectivity index (χ1) is 16.3. The Morgan fingerprint density at radius 1 is 1.12 bits per heavy atom. The molecule has 1 aromatic rings. The third-order valence-electron chi connectivity index (χ3n) is 7.22. The minimum atomic E-state index is -0.912. The number of hydrogen-bond donors (Lipinski definition) is 1. The molecule has 4 rings (SSSR count). The second kappa shape index (κ2) is 10.3.